The maximum Gasteiger partial charge on any atom is 0.270 e. The SMILES string of the molecule is O=C1NC(=S)N(c2ccc(Cl)cc2)C(=O)C1=CC(Br)=Cc1ccccc1. The van der Waals surface area contributed by atoms with E-state index >= 15 is 0 Å². The monoisotopic (exact) mass is 446 g/mol. The van der Waals surface area contributed by atoms with Gasteiger partial charge in [-0.2, -0.15) is 0 Å². The zero-order valence-electron chi connectivity index (χ0n) is 13.3. The fourth-order valence-corrected chi connectivity index (χ4v) is 3.27. The molecule has 4 nitrogen and oxygen atoms in total. The maximum atomic E-state index is 12.8. The number of anilines is 1. The van der Waals surface area contributed by atoms with Crippen LogP contribution in [0.3, 0.4) is 0 Å². The van der Waals surface area contributed by atoms with Crippen LogP contribution in [0.4, 0.5) is 5.69 Å². The highest BCUT2D eigenvalue weighted by molar-refractivity contribution is 9.12. The van der Waals surface area contributed by atoms with E-state index in [9.17, 15) is 9.59 Å². The molecule has 26 heavy (non-hydrogen) atoms. The first-order valence-corrected chi connectivity index (χ1v) is 9.13. The van der Waals surface area contributed by atoms with Gasteiger partial charge in [-0.1, -0.05) is 57.9 Å². The number of carbonyl (C=O) groups is 2. The van der Waals surface area contributed by atoms with Crippen LogP contribution in [0.15, 0.2) is 70.7 Å². The Bertz CT molecular complexity index is 940. The summed E-state index contributed by atoms with van der Waals surface area (Å²) < 4.78 is 0.589. The van der Waals surface area contributed by atoms with Crippen molar-refractivity contribution in [3.8, 4) is 0 Å². The van der Waals surface area contributed by atoms with Crippen LogP contribution in [0, 0.1) is 0 Å². The quantitative estimate of drug-likeness (QED) is 0.430. The van der Waals surface area contributed by atoms with Crippen molar-refractivity contribution in [2.24, 2.45) is 0 Å². The van der Waals surface area contributed by atoms with Gasteiger partial charge in [0.15, 0.2) is 5.11 Å². The third-order valence-corrected chi connectivity index (χ3v) is 4.57. The smallest absolute Gasteiger partial charge is 0.270 e. The summed E-state index contributed by atoms with van der Waals surface area (Å²) in [4.78, 5) is 26.4. The molecule has 0 atom stereocenters. The molecule has 0 aromatic heterocycles. The molecule has 1 saturated heterocycles. The predicted molar refractivity (Wildman–Crippen MR) is 111 cm³/mol. The second kappa shape index (κ2) is 7.95. The van der Waals surface area contributed by atoms with Crippen molar-refractivity contribution in [1.82, 2.24) is 5.32 Å². The number of rotatable bonds is 3. The molecule has 2 aromatic carbocycles. The lowest BCUT2D eigenvalue weighted by Crippen LogP contribution is -2.54. The van der Waals surface area contributed by atoms with Gasteiger partial charge in [0.25, 0.3) is 11.8 Å². The van der Waals surface area contributed by atoms with Gasteiger partial charge in [-0.15, -0.1) is 0 Å². The highest BCUT2D eigenvalue weighted by atomic mass is 79.9. The van der Waals surface area contributed by atoms with E-state index in [1.807, 2.05) is 36.4 Å². The molecule has 1 heterocycles. The summed E-state index contributed by atoms with van der Waals surface area (Å²) in [6.45, 7) is 0. The molecule has 2 aromatic rings. The van der Waals surface area contributed by atoms with Gasteiger partial charge in [-0.25, -0.2) is 0 Å². The Balaban J connectivity index is 1.94. The lowest BCUT2D eigenvalue weighted by atomic mass is 10.1. The van der Waals surface area contributed by atoms with E-state index in [1.165, 1.54) is 11.0 Å². The van der Waals surface area contributed by atoms with Gasteiger partial charge in [-0.05, 0) is 54.2 Å². The van der Waals surface area contributed by atoms with E-state index in [0.717, 1.165) is 5.56 Å². The summed E-state index contributed by atoms with van der Waals surface area (Å²) >= 11 is 14.4. The summed E-state index contributed by atoms with van der Waals surface area (Å²) in [5.74, 6) is -1.04. The highest BCUT2D eigenvalue weighted by Crippen LogP contribution is 2.24. The number of carbonyl (C=O) groups excluding carboxylic acids is 2. The lowest BCUT2D eigenvalue weighted by Gasteiger charge is -2.28. The van der Waals surface area contributed by atoms with Gasteiger partial charge < -0.3 is 0 Å². The molecule has 1 aliphatic heterocycles. The van der Waals surface area contributed by atoms with Crippen LogP contribution >= 0.6 is 39.7 Å². The second-order valence-electron chi connectivity index (χ2n) is 5.37. The molecule has 1 fully saturated rings. The summed E-state index contributed by atoms with van der Waals surface area (Å²) in [6, 6.07) is 16.2. The molecule has 2 amide bonds. The van der Waals surface area contributed by atoms with Gasteiger partial charge in [0.2, 0.25) is 0 Å². The maximum absolute atomic E-state index is 12.8. The van der Waals surface area contributed by atoms with Crippen LogP contribution < -0.4 is 10.2 Å². The first kappa shape index (κ1) is 18.5. The minimum atomic E-state index is -0.538. The first-order chi connectivity index (χ1) is 12.5. The summed E-state index contributed by atoms with van der Waals surface area (Å²) in [5, 5.41) is 3.11. The number of allylic oxidation sites excluding steroid dienone is 2. The minimum absolute atomic E-state index is 0.0207. The van der Waals surface area contributed by atoms with Crippen molar-refractivity contribution in [2.45, 2.75) is 0 Å². The predicted octanol–water partition coefficient (Wildman–Crippen LogP) is 4.45. The van der Waals surface area contributed by atoms with Crippen LogP contribution in [-0.2, 0) is 9.59 Å². The molecule has 0 radical (unpaired) electrons. The number of thiocarbonyl (C=S) groups is 1. The van der Waals surface area contributed by atoms with E-state index in [4.69, 9.17) is 23.8 Å². The topological polar surface area (TPSA) is 49.4 Å². The fourth-order valence-electron chi connectivity index (χ4n) is 2.37. The number of benzene rings is 2. The number of nitrogens with zero attached hydrogens (tertiary/aromatic N) is 1. The van der Waals surface area contributed by atoms with Crippen LogP contribution in [0.5, 0.6) is 0 Å². The Hall–Kier alpha value is -2.28. The van der Waals surface area contributed by atoms with Gasteiger partial charge in [-0.3, -0.25) is 19.8 Å². The Labute approximate surface area is 169 Å². The molecular weight excluding hydrogens is 436 g/mol. The number of hydrogen-bond donors (Lipinski definition) is 1. The number of nitrogens with one attached hydrogen (secondary N) is 1. The van der Waals surface area contributed by atoms with Gasteiger partial charge in [0.1, 0.15) is 5.57 Å². The third kappa shape index (κ3) is 4.09. The number of hydrogen-bond acceptors (Lipinski definition) is 3. The zero-order valence-corrected chi connectivity index (χ0v) is 16.4. The molecule has 0 bridgehead atoms. The van der Waals surface area contributed by atoms with E-state index in [-0.39, 0.29) is 10.7 Å². The van der Waals surface area contributed by atoms with Crippen molar-refractivity contribution in [1.29, 1.82) is 0 Å². The average Bonchev–Trinajstić information content (AvgIpc) is 2.61. The van der Waals surface area contributed by atoms with Crippen LogP contribution in [-0.4, -0.2) is 16.9 Å². The Morgan fingerprint density at radius 3 is 2.38 bits per heavy atom. The number of halogens is 2. The van der Waals surface area contributed by atoms with Gasteiger partial charge >= 0.3 is 0 Å². The van der Waals surface area contributed by atoms with Crippen LogP contribution in [0.1, 0.15) is 5.56 Å². The van der Waals surface area contributed by atoms with E-state index < -0.39 is 11.8 Å². The molecule has 7 heteroatoms. The molecule has 0 spiro atoms. The molecule has 3 rings (SSSR count). The Morgan fingerprint density at radius 1 is 1.08 bits per heavy atom. The minimum Gasteiger partial charge on any atom is -0.298 e. The average molecular weight is 448 g/mol. The molecule has 1 aliphatic rings. The van der Waals surface area contributed by atoms with Crippen molar-refractivity contribution < 1.29 is 9.59 Å². The third-order valence-electron chi connectivity index (χ3n) is 3.57. The van der Waals surface area contributed by atoms with Crippen molar-refractivity contribution in [2.75, 3.05) is 4.90 Å². The number of amides is 2. The second-order valence-corrected chi connectivity index (χ2v) is 7.11. The fraction of sp³-hybridized carbons (Fsp3) is 0. The van der Waals surface area contributed by atoms with Crippen LogP contribution in [0.25, 0.3) is 6.08 Å². The van der Waals surface area contributed by atoms with Crippen molar-refractivity contribution >= 4 is 68.4 Å². The molecule has 0 aliphatic carbocycles. The Morgan fingerprint density at radius 2 is 1.73 bits per heavy atom. The van der Waals surface area contributed by atoms with E-state index in [1.54, 1.807) is 24.3 Å². The van der Waals surface area contributed by atoms with Crippen molar-refractivity contribution in [3.63, 3.8) is 0 Å². The van der Waals surface area contributed by atoms with Gasteiger partial charge in [0.05, 0.1) is 5.69 Å². The standard InChI is InChI=1S/C19H12BrClN2O2S/c20-13(10-12-4-2-1-3-5-12)11-16-17(24)22-19(26)23(18(16)25)15-8-6-14(21)7-9-15/h1-11H,(H,22,24,26). The molecular formula is C19H12BrClN2O2S. The molecule has 0 saturated carbocycles. The Kier molecular flexibility index (Phi) is 5.66. The van der Waals surface area contributed by atoms with Gasteiger partial charge in [0, 0.05) is 9.51 Å². The summed E-state index contributed by atoms with van der Waals surface area (Å²) in [6.07, 6.45) is 3.29. The first-order valence-electron chi connectivity index (χ1n) is 7.55. The molecule has 0 unspecified atom stereocenters. The highest BCUT2D eigenvalue weighted by Gasteiger charge is 2.34. The van der Waals surface area contributed by atoms with Crippen molar-refractivity contribution in [3.05, 3.63) is 81.3 Å². The van der Waals surface area contributed by atoms with E-state index in [2.05, 4.69) is 21.2 Å². The largest absolute Gasteiger partial charge is 0.298 e. The zero-order chi connectivity index (χ0) is 18.7. The van der Waals surface area contributed by atoms with E-state index in [0.29, 0.717) is 15.2 Å². The lowest BCUT2D eigenvalue weighted by molar-refractivity contribution is -0.122. The molecule has 1 N–H and O–H groups in total. The summed E-state index contributed by atoms with van der Waals surface area (Å²) in [7, 11) is 0. The molecule has 130 valence electrons. The van der Waals surface area contributed by atoms with Crippen LogP contribution in [0.2, 0.25) is 5.02 Å². The summed E-state index contributed by atoms with van der Waals surface area (Å²) in [5.41, 5.74) is 1.44. The normalized spacial score (nSPS) is 16.8.